The van der Waals surface area contributed by atoms with Crippen LogP contribution in [0.2, 0.25) is 0 Å². The number of amides is 1. The highest BCUT2D eigenvalue weighted by molar-refractivity contribution is 6.07. The topological polar surface area (TPSA) is 78.9 Å². The molecule has 1 aliphatic heterocycles. The van der Waals surface area contributed by atoms with Crippen LogP contribution in [0.1, 0.15) is 52.9 Å². The van der Waals surface area contributed by atoms with Gasteiger partial charge < -0.3 is 15.8 Å². The fourth-order valence-electron chi connectivity index (χ4n) is 3.46. The SMILES string of the molecule is CC(C)(C)C1CCN(C(=O)C2(C(N)=NO)CCC2)CC1. The summed E-state index contributed by atoms with van der Waals surface area (Å²) in [5.41, 5.74) is 5.35. The van der Waals surface area contributed by atoms with Crippen molar-refractivity contribution in [1.29, 1.82) is 0 Å². The highest BCUT2D eigenvalue weighted by atomic mass is 16.4. The van der Waals surface area contributed by atoms with Crippen molar-refractivity contribution < 1.29 is 10.0 Å². The molecule has 1 aliphatic carbocycles. The van der Waals surface area contributed by atoms with Crippen LogP contribution in [-0.4, -0.2) is 34.9 Å². The molecular formula is C15H27N3O2. The molecule has 20 heavy (non-hydrogen) atoms. The summed E-state index contributed by atoms with van der Waals surface area (Å²) in [7, 11) is 0. The molecule has 1 saturated carbocycles. The monoisotopic (exact) mass is 281 g/mol. The van der Waals surface area contributed by atoms with Gasteiger partial charge >= 0.3 is 0 Å². The fourth-order valence-corrected chi connectivity index (χ4v) is 3.46. The van der Waals surface area contributed by atoms with Crippen molar-refractivity contribution in [1.82, 2.24) is 4.90 Å². The largest absolute Gasteiger partial charge is 0.409 e. The van der Waals surface area contributed by atoms with E-state index in [1.807, 2.05) is 4.90 Å². The molecule has 1 heterocycles. The van der Waals surface area contributed by atoms with E-state index >= 15 is 0 Å². The summed E-state index contributed by atoms with van der Waals surface area (Å²) < 4.78 is 0. The average Bonchev–Trinajstić information content (AvgIpc) is 2.36. The lowest BCUT2D eigenvalue weighted by Gasteiger charge is -2.45. The maximum Gasteiger partial charge on any atom is 0.236 e. The van der Waals surface area contributed by atoms with Gasteiger partial charge in [0.15, 0.2) is 5.84 Å². The zero-order valence-corrected chi connectivity index (χ0v) is 12.9. The Morgan fingerprint density at radius 3 is 2.20 bits per heavy atom. The predicted octanol–water partition coefficient (Wildman–Crippen LogP) is 2.19. The molecule has 0 unspecified atom stereocenters. The Bertz CT molecular complexity index is 400. The van der Waals surface area contributed by atoms with E-state index in [0.29, 0.717) is 24.2 Å². The third-order valence-corrected chi connectivity index (χ3v) is 5.22. The molecule has 5 heteroatoms. The van der Waals surface area contributed by atoms with Gasteiger partial charge in [0, 0.05) is 13.1 Å². The van der Waals surface area contributed by atoms with Crippen LogP contribution in [0, 0.1) is 16.7 Å². The summed E-state index contributed by atoms with van der Waals surface area (Å²) in [5.74, 6) is 0.811. The van der Waals surface area contributed by atoms with Crippen molar-refractivity contribution >= 4 is 11.7 Å². The summed E-state index contributed by atoms with van der Waals surface area (Å²) in [4.78, 5) is 14.6. The Kier molecular flexibility index (Phi) is 3.98. The standard InChI is InChI=1S/C15H27N3O2/c1-14(2,3)11-5-9-18(10-6-11)13(19)15(7-4-8-15)12(16)17-20/h11,20H,4-10H2,1-3H3,(H2,16,17). The Morgan fingerprint density at radius 1 is 1.30 bits per heavy atom. The first-order valence-corrected chi connectivity index (χ1v) is 7.58. The second-order valence-corrected chi connectivity index (χ2v) is 7.35. The van der Waals surface area contributed by atoms with Crippen LogP contribution < -0.4 is 5.73 Å². The minimum absolute atomic E-state index is 0.0615. The molecule has 1 saturated heterocycles. The average molecular weight is 281 g/mol. The molecule has 114 valence electrons. The number of hydrogen-bond donors (Lipinski definition) is 2. The van der Waals surface area contributed by atoms with Crippen molar-refractivity contribution in [3.05, 3.63) is 0 Å². The molecule has 0 spiro atoms. The summed E-state index contributed by atoms with van der Waals surface area (Å²) in [6, 6.07) is 0. The van der Waals surface area contributed by atoms with Crippen LogP contribution in [0.15, 0.2) is 5.16 Å². The second-order valence-electron chi connectivity index (χ2n) is 7.35. The molecule has 0 radical (unpaired) electrons. The third kappa shape index (κ3) is 2.50. The molecule has 0 aromatic heterocycles. The summed E-state index contributed by atoms with van der Waals surface area (Å²) in [5, 5.41) is 12.0. The number of piperidine rings is 1. The zero-order chi connectivity index (χ0) is 15.0. The highest BCUT2D eigenvalue weighted by Crippen LogP contribution is 2.44. The smallest absolute Gasteiger partial charge is 0.236 e. The van der Waals surface area contributed by atoms with E-state index in [1.54, 1.807) is 0 Å². The Balaban J connectivity index is 2.02. The van der Waals surface area contributed by atoms with Gasteiger partial charge in [0.2, 0.25) is 5.91 Å². The van der Waals surface area contributed by atoms with Gasteiger partial charge in [0.05, 0.1) is 0 Å². The Morgan fingerprint density at radius 2 is 1.85 bits per heavy atom. The van der Waals surface area contributed by atoms with Gasteiger partial charge in [0.1, 0.15) is 5.41 Å². The molecule has 0 atom stereocenters. The van der Waals surface area contributed by atoms with E-state index in [0.717, 1.165) is 32.4 Å². The van der Waals surface area contributed by atoms with E-state index in [2.05, 4.69) is 25.9 Å². The molecular weight excluding hydrogens is 254 g/mol. The van der Waals surface area contributed by atoms with E-state index in [9.17, 15) is 4.79 Å². The number of hydrogen-bond acceptors (Lipinski definition) is 3. The molecule has 0 aromatic carbocycles. The first-order chi connectivity index (χ1) is 9.31. The number of carbonyl (C=O) groups excluding carboxylic acids is 1. The highest BCUT2D eigenvalue weighted by Gasteiger charge is 2.50. The summed E-state index contributed by atoms with van der Waals surface area (Å²) >= 11 is 0. The van der Waals surface area contributed by atoms with E-state index in [-0.39, 0.29) is 11.7 Å². The van der Waals surface area contributed by atoms with Crippen LogP contribution >= 0.6 is 0 Å². The third-order valence-electron chi connectivity index (χ3n) is 5.22. The van der Waals surface area contributed by atoms with Gasteiger partial charge in [0.25, 0.3) is 0 Å². The van der Waals surface area contributed by atoms with Crippen LogP contribution in [0.4, 0.5) is 0 Å². The van der Waals surface area contributed by atoms with Crippen molar-refractivity contribution in [2.24, 2.45) is 27.6 Å². The molecule has 1 amide bonds. The molecule has 3 N–H and O–H groups in total. The molecule has 2 aliphatic rings. The second kappa shape index (κ2) is 5.26. The van der Waals surface area contributed by atoms with Gasteiger partial charge in [-0.3, -0.25) is 4.79 Å². The summed E-state index contributed by atoms with van der Waals surface area (Å²) in [6.45, 7) is 8.37. The number of nitrogens with zero attached hydrogens (tertiary/aromatic N) is 2. The quantitative estimate of drug-likeness (QED) is 0.352. The minimum atomic E-state index is -0.719. The van der Waals surface area contributed by atoms with Crippen LogP contribution in [0.5, 0.6) is 0 Å². The Labute approximate surface area is 121 Å². The zero-order valence-electron chi connectivity index (χ0n) is 12.9. The van der Waals surface area contributed by atoms with Gasteiger partial charge in [-0.25, -0.2) is 0 Å². The van der Waals surface area contributed by atoms with Gasteiger partial charge in [-0.05, 0) is 37.0 Å². The number of likely N-dealkylation sites (tertiary alicyclic amines) is 1. The van der Waals surface area contributed by atoms with Gasteiger partial charge in [-0.2, -0.15) is 0 Å². The molecule has 2 rings (SSSR count). The lowest BCUT2D eigenvalue weighted by atomic mass is 9.66. The maximum atomic E-state index is 12.7. The molecule has 0 aromatic rings. The first-order valence-electron chi connectivity index (χ1n) is 7.58. The lowest BCUT2D eigenvalue weighted by molar-refractivity contribution is -0.144. The Hall–Kier alpha value is -1.26. The first kappa shape index (κ1) is 15.1. The van der Waals surface area contributed by atoms with Crippen molar-refractivity contribution in [3.63, 3.8) is 0 Å². The number of carbonyl (C=O) groups is 1. The van der Waals surface area contributed by atoms with Crippen molar-refractivity contribution in [2.45, 2.75) is 52.9 Å². The van der Waals surface area contributed by atoms with Crippen LogP contribution in [-0.2, 0) is 4.79 Å². The van der Waals surface area contributed by atoms with E-state index in [1.165, 1.54) is 0 Å². The van der Waals surface area contributed by atoms with Crippen molar-refractivity contribution in [2.75, 3.05) is 13.1 Å². The van der Waals surface area contributed by atoms with Crippen molar-refractivity contribution in [3.8, 4) is 0 Å². The van der Waals surface area contributed by atoms with E-state index < -0.39 is 5.41 Å². The molecule has 2 fully saturated rings. The number of amidine groups is 1. The fraction of sp³-hybridized carbons (Fsp3) is 0.867. The number of oxime groups is 1. The number of rotatable bonds is 2. The predicted molar refractivity (Wildman–Crippen MR) is 78.5 cm³/mol. The minimum Gasteiger partial charge on any atom is -0.409 e. The molecule has 5 nitrogen and oxygen atoms in total. The number of nitrogens with two attached hydrogens (primary N) is 1. The maximum absolute atomic E-state index is 12.7. The van der Waals surface area contributed by atoms with Crippen LogP contribution in [0.25, 0.3) is 0 Å². The van der Waals surface area contributed by atoms with Gasteiger partial charge in [-0.15, -0.1) is 0 Å². The van der Waals surface area contributed by atoms with Gasteiger partial charge in [-0.1, -0.05) is 32.3 Å². The summed E-state index contributed by atoms with van der Waals surface area (Å²) in [6.07, 6.45) is 4.48. The lowest BCUT2D eigenvalue weighted by Crippen LogP contribution is -2.56. The van der Waals surface area contributed by atoms with Crippen LogP contribution in [0.3, 0.4) is 0 Å². The normalized spacial score (nSPS) is 24.4. The molecule has 0 bridgehead atoms. The van der Waals surface area contributed by atoms with E-state index in [4.69, 9.17) is 10.9 Å².